The summed E-state index contributed by atoms with van der Waals surface area (Å²) in [5.74, 6) is 0.00871. The van der Waals surface area contributed by atoms with E-state index >= 15 is 0 Å². The molecule has 0 aliphatic heterocycles. The van der Waals surface area contributed by atoms with Gasteiger partial charge in [-0.1, -0.05) is 50.1 Å². The van der Waals surface area contributed by atoms with Gasteiger partial charge in [0.1, 0.15) is 0 Å². The van der Waals surface area contributed by atoms with Gasteiger partial charge in [-0.05, 0) is 18.4 Å². The van der Waals surface area contributed by atoms with Crippen molar-refractivity contribution in [3.63, 3.8) is 0 Å². The molecule has 0 fully saturated rings. The predicted octanol–water partition coefficient (Wildman–Crippen LogP) is 2.63. The lowest BCUT2D eigenvalue weighted by Crippen LogP contribution is -2.23. The summed E-state index contributed by atoms with van der Waals surface area (Å²) in [7, 11) is 0. The van der Waals surface area contributed by atoms with Crippen LogP contribution < -0.4 is 5.32 Å². The Morgan fingerprint density at radius 3 is 2.67 bits per heavy atom. The number of hydrogen-bond acceptors (Lipinski definition) is 2. The number of rotatable bonds is 8. The number of aliphatic hydroxyl groups is 1. The molecule has 0 spiro atoms. The molecule has 100 valence electrons. The Kier molecular flexibility index (Phi) is 7.11. The maximum atomic E-state index is 11.6. The lowest BCUT2D eigenvalue weighted by molar-refractivity contribution is -0.121. The van der Waals surface area contributed by atoms with Gasteiger partial charge in [-0.25, -0.2) is 0 Å². The third-order valence-corrected chi connectivity index (χ3v) is 2.93. The number of unbranched alkanes of at least 4 members (excludes halogenated alkanes) is 1. The highest BCUT2D eigenvalue weighted by Gasteiger charge is 2.07. The molecule has 1 amide bonds. The minimum atomic E-state index is -0.340. The van der Waals surface area contributed by atoms with Gasteiger partial charge in [0.25, 0.3) is 0 Å². The molecule has 2 N–H and O–H groups in total. The number of amides is 1. The summed E-state index contributed by atoms with van der Waals surface area (Å²) >= 11 is 0. The fraction of sp³-hybridized carbons (Fsp3) is 0.533. The first-order chi connectivity index (χ1) is 8.72. The van der Waals surface area contributed by atoms with Crippen LogP contribution in [0, 0.1) is 0 Å². The predicted molar refractivity (Wildman–Crippen MR) is 73.1 cm³/mol. The van der Waals surface area contributed by atoms with Crippen LogP contribution in [0.25, 0.3) is 0 Å². The van der Waals surface area contributed by atoms with E-state index in [-0.39, 0.29) is 12.0 Å². The van der Waals surface area contributed by atoms with Crippen LogP contribution in [0.5, 0.6) is 0 Å². The van der Waals surface area contributed by atoms with Gasteiger partial charge in [0.05, 0.1) is 6.10 Å². The van der Waals surface area contributed by atoms with Crippen LogP contribution in [0.3, 0.4) is 0 Å². The van der Waals surface area contributed by atoms with Gasteiger partial charge in [0.2, 0.25) is 5.91 Å². The van der Waals surface area contributed by atoms with Crippen molar-refractivity contribution in [3.8, 4) is 0 Å². The lowest BCUT2D eigenvalue weighted by Gasteiger charge is -2.10. The molecular formula is C15H23NO2. The fourth-order valence-electron chi connectivity index (χ4n) is 1.77. The minimum absolute atomic E-state index is 0.00871. The first-order valence-corrected chi connectivity index (χ1v) is 6.71. The van der Waals surface area contributed by atoms with Gasteiger partial charge in [0, 0.05) is 13.0 Å². The van der Waals surface area contributed by atoms with Gasteiger partial charge in [-0.15, -0.1) is 0 Å². The second kappa shape index (κ2) is 8.70. The van der Waals surface area contributed by atoms with Crippen LogP contribution in [-0.4, -0.2) is 17.1 Å². The highest BCUT2D eigenvalue weighted by atomic mass is 16.3. The quantitative estimate of drug-likeness (QED) is 0.744. The molecule has 1 aromatic rings. The van der Waals surface area contributed by atoms with E-state index in [1.54, 1.807) is 0 Å². The lowest BCUT2D eigenvalue weighted by atomic mass is 10.1. The van der Waals surface area contributed by atoms with Crippen LogP contribution in [-0.2, 0) is 11.3 Å². The Balaban J connectivity index is 2.14. The van der Waals surface area contributed by atoms with Gasteiger partial charge < -0.3 is 10.4 Å². The maximum Gasteiger partial charge on any atom is 0.220 e. The molecule has 0 radical (unpaired) electrons. The van der Waals surface area contributed by atoms with Crippen molar-refractivity contribution in [3.05, 3.63) is 35.9 Å². The van der Waals surface area contributed by atoms with Gasteiger partial charge in [-0.3, -0.25) is 4.79 Å². The van der Waals surface area contributed by atoms with E-state index < -0.39 is 0 Å². The zero-order valence-corrected chi connectivity index (χ0v) is 11.1. The van der Waals surface area contributed by atoms with Crippen molar-refractivity contribution in [1.82, 2.24) is 5.32 Å². The van der Waals surface area contributed by atoms with E-state index in [1.165, 1.54) is 0 Å². The number of aliphatic hydroxyl groups excluding tert-OH is 1. The summed E-state index contributed by atoms with van der Waals surface area (Å²) in [5.41, 5.74) is 1.09. The van der Waals surface area contributed by atoms with Gasteiger partial charge in [-0.2, -0.15) is 0 Å². The Morgan fingerprint density at radius 2 is 2.00 bits per heavy atom. The monoisotopic (exact) mass is 249 g/mol. The zero-order valence-electron chi connectivity index (χ0n) is 11.1. The molecule has 1 atom stereocenters. The first-order valence-electron chi connectivity index (χ1n) is 6.71. The van der Waals surface area contributed by atoms with Crippen molar-refractivity contribution < 1.29 is 9.90 Å². The molecule has 3 heteroatoms. The second-order valence-electron chi connectivity index (χ2n) is 4.60. The van der Waals surface area contributed by atoms with E-state index in [1.807, 2.05) is 30.3 Å². The van der Waals surface area contributed by atoms with E-state index in [2.05, 4.69) is 12.2 Å². The standard InChI is InChI=1S/C15H23NO2/c1-2-3-9-14(17)10-11-15(18)16-12-13-7-5-4-6-8-13/h4-8,14,17H,2-3,9-12H2,1H3,(H,16,18). The molecular weight excluding hydrogens is 226 g/mol. The first kappa shape index (κ1) is 14.7. The van der Waals surface area contributed by atoms with Gasteiger partial charge >= 0.3 is 0 Å². The highest BCUT2D eigenvalue weighted by Crippen LogP contribution is 2.06. The molecule has 1 unspecified atom stereocenters. The number of carbonyl (C=O) groups excluding carboxylic acids is 1. The molecule has 18 heavy (non-hydrogen) atoms. The van der Waals surface area contributed by atoms with Crippen molar-refractivity contribution in [2.45, 2.75) is 51.7 Å². The summed E-state index contributed by atoms with van der Waals surface area (Å²) < 4.78 is 0. The SMILES string of the molecule is CCCCC(O)CCC(=O)NCc1ccccc1. The Labute approximate surface area is 109 Å². The molecule has 0 saturated carbocycles. The van der Waals surface area contributed by atoms with E-state index in [9.17, 15) is 9.90 Å². The summed E-state index contributed by atoms with van der Waals surface area (Å²) in [6.45, 7) is 2.66. The van der Waals surface area contributed by atoms with Crippen LogP contribution >= 0.6 is 0 Å². The molecule has 3 nitrogen and oxygen atoms in total. The number of nitrogens with one attached hydrogen (secondary N) is 1. The van der Waals surface area contributed by atoms with Gasteiger partial charge in [0.15, 0.2) is 0 Å². The van der Waals surface area contributed by atoms with Crippen LogP contribution in [0.4, 0.5) is 0 Å². The van der Waals surface area contributed by atoms with Crippen LogP contribution in [0.1, 0.15) is 44.6 Å². The average Bonchev–Trinajstić information content (AvgIpc) is 2.41. The molecule has 0 saturated heterocycles. The summed E-state index contributed by atoms with van der Waals surface area (Å²) in [6.07, 6.45) is 3.51. The smallest absolute Gasteiger partial charge is 0.220 e. The zero-order chi connectivity index (χ0) is 13.2. The third kappa shape index (κ3) is 6.40. The molecule has 0 aliphatic carbocycles. The molecule has 0 heterocycles. The van der Waals surface area contributed by atoms with Crippen molar-refractivity contribution >= 4 is 5.91 Å². The van der Waals surface area contributed by atoms with E-state index in [4.69, 9.17) is 0 Å². The van der Waals surface area contributed by atoms with E-state index in [0.29, 0.717) is 19.4 Å². The summed E-state index contributed by atoms with van der Waals surface area (Å²) in [6, 6.07) is 9.83. The molecule has 1 rings (SSSR count). The highest BCUT2D eigenvalue weighted by molar-refractivity contribution is 5.75. The molecule has 1 aromatic carbocycles. The maximum absolute atomic E-state index is 11.6. The number of benzene rings is 1. The fourth-order valence-corrected chi connectivity index (χ4v) is 1.77. The van der Waals surface area contributed by atoms with Crippen molar-refractivity contribution in [2.24, 2.45) is 0 Å². The number of carbonyl (C=O) groups is 1. The van der Waals surface area contributed by atoms with Crippen LogP contribution in [0.2, 0.25) is 0 Å². The third-order valence-electron chi connectivity index (χ3n) is 2.93. The summed E-state index contributed by atoms with van der Waals surface area (Å²) in [5, 5.41) is 12.5. The second-order valence-corrected chi connectivity index (χ2v) is 4.60. The minimum Gasteiger partial charge on any atom is -0.393 e. The van der Waals surface area contributed by atoms with Crippen LogP contribution in [0.15, 0.2) is 30.3 Å². The Morgan fingerprint density at radius 1 is 1.28 bits per heavy atom. The molecule has 0 aromatic heterocycles. The van der Waals surface area contributed by atoms with Crippen molar-refractivity contribution in [1.29, 1.82) is 0 Å². The topological polar surface area (TPSA) is 49.3 Å². The normalized spacial score (nSPS) is 12.1. The van der Waals surface area contributed by atoms with Crippen molar-refractivity contribution in [2.75, 3.05) is 0 Å². The number of hydrogen-bond donors (Lipinski definition) is 2. The Bertz CT molecular complexity index is 338. The Hall–Kier alpha value is -1.35. The molecule has 0 bridgehead atoms. The largest absolute Gasteiger partial charge is 0.393 e. The van der Waals surface area contributed by atoms with E-state index in [0.717, 1.165) is 24.8 Å². The summed E-state index contributed by atoms with van der Waals surface area (Å²) in [4.78, 5) is 11.6. The molecule has 0 aliphatic rings. The average molecular weight is 249 g/mol.